The van der Waals surface area contributed by atoms with Gasteiger partial charge in [0, 0.05) is 11.9 Å². The molecule has 0 radical (unpaired) electrons. The molecule has 0 bridgehead atoms. The highest BCUT2D eigenvalue weighted by Gasteiger charge is 2.15. The van der Waals surface area contributed by atoms with Crippen LogP contribution in [0.2, 0.25) is 0 Å². The van der Waals surface area contributed by atoms with E-state index in [9.17, 15) is 4.79 Å². The normalized spacial score (nSPS) is 18.2. The highest BCUT2D eigenvalue weighted by atomic mass is 35.5. The number of aromatic nitrogens is 1. The lowest BCUT2D eigenvalue weighted by Gasteiger charge is -2.22. The van der Waals surface area contributed by atoms with Crippen molar-refractivity contribution in [2.45, 2.75) is 19.3 Å². The number of halogens is 1. The number of para-hydroxylation sites is 1. The van der Waals surface area contributed by atoms with Crippen molar-refractivity contribution in [2.24, 2.45) is 5.92 Å². The zero-order chi connectivity index (χ0) is 13.8. The molecule has 1 amide bonds. The van der Waals surface area contributed by atoms with E-state index in [0.717, 1.165) is 30.6 Å². The SMILES string of the molecule is Cl.O=C(Cc1noc2ccccc12)NCC1CCCNC1. The molecule has 114 valence electrons. The molecule has 0 saturated carbocycles. The molecule has 1 unspecified atom stereocenters. The van der Waals surface area contributed by atoms with Gasteiger partial charge in [-0.2, -0.15) is 0 Å². The van der Waals surface area contributed by atoms with E-state index in [1.165, 1.54) is 12.8 Å². The number of hydrogen-bond donors (Lipinski definition) is 2. The van der Waals surface area contributed by atoms with Crippen LogP contribution in [0.5, 0.6) is 0 Å². The van der Waals surface area contributed by atoms with E-state index in [2.05, 4.69) is 15.8 Å². The van der Waals surface area contributed by atoms with Gasteiger partial charge in [0.2, 0.25) is 5.91 Å². The molecule has 5 nitrogen and oxygen atoms in total. The molecule has 6 heteroatoms. The maximum atomic E-state index is 12.0. The Morgan fingerprint density at radius 2 is 2.29 bits per heavy atom. The second-order valence-electron chi connectivity index (χ2n) is 5.32. The third-order valence-corrected chi connectivity index (χ3v) is 3.77. The summed E-state index contributed by atoms with van der Waals surface area (Å²) in [6.45, 7) is 2.82. The van der Waals surface area contributed by atoms with Crippen molar-refractivity contribution in [1.29, 1.82) is 0 Å². The monoisotopic (exact) mass is 309 g/mol. The Morgan fingerprint density at radius 3 is 3.10 bits per heavy atom. The van der Waals surface area contributed by atoms with Crippen LogP contribution >= 0.6 is 12.4 Å². The zero-order valence-electron chi connectivity index (χ0n) is 11.8. The quantitative estimate of drug-likeness (QED) is 0.905. The van der Waals surface area contributed by atoms with E-state index in [1.807, 2.05) is 24.3 Å². The first-order chi connectivity index (χ1) is 9.83. The summed E-state index contributed by atoms with van der Waals surface area (Å²) in [5.41, 5.74) is 1.44. The Balaban J connectivity index is 0.00000161. The van der Waals surface area contributed by atoms with Gasteiger partial charge in [0.25, 0.3) is 0 Å². The van der Waals surface area contributed by atoms with E-state index < -0.39 is 0 Å². The summed E-state index contributed by atoms with van der Waals surface area (Å²) in [6.07, 6.45) is 2.64. The van der Waals surface area contributed by atoms with E-state index in [1.54, 1.807) is 0 Å². The molecule has 21 heavy (non-hydrogen) atoms. The topological polar surface area (TPSA) is 67.2 Å². The maximum absolute atomic E-state index is 12.0. The first kappa shape index (κ1) is 15.8. The summed E-state index contributed by atoms with van der Waals surface area (Å²) < 4.78 is 5.20. The summed E-state index contributed by atoms with van der Waals surface area (Å²) in [6, 6.07) is 7.61. The van der Waals surface area contributed by atoms with Crippen LogP contribution in [0, 0.1) is 5.92 Å². The average molecular weight is 310 g/mol. The highest BCUT2D eigenvalue weighted by molar-refractivity contribution is 5.86. The Labute approximate surface area is 129 Å². The molecule has 2 N–H and O–H groups in total. The fourth-order valence-corrected chi connectivity index (χ4v) is 2.64. The molecule has 1 aliphatic rings. The fourth-order valence-electron chi connectivity index (χ4n) is 2.64. The summed E-state index contributed by atoms with van der Waals surface area (Å²) >= 11 is 0. The molecular formula is C15H20ClN3O2. The Bertz CT molecular complexity index is 593. The molecule has 1 aromatic carbocycles. The van der Waals surface area contributed by atoms with Gasteiger partial charge in [0.15, 0.2) is 5.58 Å². The second kappa shape index (κ2) is 7.43. The Kier molecular flexibility index (Phi) is 5.59. The van der Waals surface area contributed by atoms with Gasteiger partial charge in [0.05, 0.1) is 6.42 Å². The van der Waals surface area contributed by atoms with Crippen LogP contribution in [-0.4, -0.2) is 30.7 Å². The summed E-state index contributed by atoms with van der Waals surface area (Å²) in [7, 11) is 0. The van der Waals surface area contributed by atoms with Crippen LogP contribution < -0.4 is 10.6 Å². The number of nitrogens with zero attached hydrogens (tertiary/aromatic N) is 1. The van der Waals surface area contributed by atoms with Crippen LogP contribution in [0.25, 0.3) is 11.0 Å². The van der Waals surface area contributed by atoms with Crippen LogP contribution in [-0.2, 0) is 11.2 Å². The van der Waals surface area contributed by atoms with Crippen LogP contribution in [0.1, 0.15) is 18.5 Å². The van der Waals surface area contributed by atoms with Gasteiger partial charge in [0.1, 0.15) is 5.69 Å². The third kappa shape index (κ3) is 3.95. The number of fused-ring (bicyclic) bond motifs is 1. The number of hydrogen-bond acceptors (Lipinski definition) is 4. The van der Waals surface area contributed by atoms with Gasteiger partial charge >= 0.3 is 0 Å². The molecule has 0 aliphatic carbocycles. The highest BCUT2D eigenvalue weighted by Crippen LogP contribution is 2.18. The first-order valence-corrected chi connectivity index (χ1v) is 7.13. The number of amides is 1. The molecule has 1 saturated heterocycles. The van der Waals surface area contributed by atoms with Crippen molar-refractivity contribution in [3.8, 4) is 0 Å². The van der Waals surface area contributed by atoms with Crippen LogP contribution in [0.4, 0.5) is 0 Å². The summed E-state index contributed by atoms with van der Waals surface area (Å²) in [4.78, 5) is 12.0. The van der Waals surface area contributed by atoms with Crippen LogP contribution in [0.15, 0.2) is 28.8 Å². The van der Waals surface area contributed by atoms with Crippen molar-refractivity contribution in [1.82, 2.24) is 15.8 Å². The molecule has 3 rings (SSSR count). The van der Waals surface area contributed by atoms with Gasteiger partial charge in [-0.25, -0.2) is 0 Å². The van der Waals surface area contributed by atoms with E-state index in [4.69, 9.17) is 4.52 Å². The Morgan fingerprint density at radius 1 is 1.43 bits per heavy atom. The maximum Gasteiger partial charge on any atom is 0.226 e. The van der Waals surface area contributed by atoms with Crippen molar-refractivity contribution in [3.63, 3.8) is 0 Å². The second-order valence-corrected chi connectivity index (χ2v) is 5.32. The fraction of sp³-hybridized carbons (Fsp3) is 0.467. The molecule has 1 atom stereocenters. The average Bonchev–Trinajstić information content (AvgIpc) is 2.90. The Hall–Kier alpha value is -1.59. The minimum absolute atomic E-state index is 0. The van der Waals surface area contributed by atoms with Gasteiger partial charge in [-0.15, -0.1) is 12.4 Å². The van der Waals surface area contributed by atoms with E-state index >= 15 is 0 Å². The number of carbonyl (C=O) groups is 1. The number of nitrogens with one attached hydrogen (secondary N) is 2. The molecule has 0 spiro atoms. The van der Waals surface area contributed by atoms with E-state index in [-0.39, 0.29) is 24.7 Å². The minimum Gasteiger partial charge on any atom is -0.356 e. The third-order valence-electron chi connectivity index (χ3n) is 3.77. The van der Waals surface area contributed by atoms with Crippen molar-refractivity contribution >= 4 is 29.3 Å². The smallest absolute Gasteiger partial charge is 0.226 e. The first-order valence-electron chi connectivity index (χ1n) is 7.13. The molecule has 1 aromatic heterocycles. The number of carbonyl (C=O) groups excluding carboxylic acids is 1. The van der Waals surface area contributed by atoms with Gasteiger partial charge in [-0.1, -0.05) is 17.3 Å². The number of rotatable bonds is 4. The van der Waals surface area contributed by atoms with Gasteiger partial charge < -0.3 is 15.2 Å². The van der Waals surface area contributed by atoms with Gasteiger partial charge in [-0.3, -0.25) is 4.79 Å². The number of piperidine rings is 1. The summed E-state index contributed by atoms with van der Waals surface area (Å²) in [5, 5.41) is 11.2. The van der Waals surface area contributed by atoms with Crippen LogP contribution in [0.3, 0.4) is 0 Å². The lowest BCUT2D eigenvalue weighted by atomic mass is 10.00. The predicted octanol–water partition coefficient (Wildman–Crippen LogP) is 1.91. The molecule has 1 aliphatic heterocycles. The number of benzene rings is 1. The summed E-state index contributed by atoms with van der Waals surface area (Å²) in [5.74, 6) is 0.552. The predicted molar refractivity (Wildman–Crippen MR) is 83.6 cm³/mol. The standard InChI is InChI=1S/C15H19N3O2.ClH/c19-15(17-10-11-4-3-7-16-9-11)8-13-12-5-1-2-6-14(12)20-18-13;/h1-2,5-6,11,16H,3-4,7-10H2,(H,17,19);1H. The molecule has 2 aromatic rings. The zero-order valence-corrected chi connectivity index (χ0v) is 12.6. The largest absolute Gasteiger partial charge is 0.356 e. The molecular weight excluding hydrogens is 290 g/mol. The van der Waals surface area contributed by atoms with Crippen molar-refractivity contribution in [2.75, 3.05) is 19.6 Å². The van der Waals surface area contributed by atoms with E-state index in [0.29, 0.717) is 11.6 Å². The lowest BCUT2D eigenvalue weighted by Crippen LogP contribution is -2.38. The molecule has 2 heterocycles. The van der Waals surface area contributed by atoms with Gasteiger partial charge in [-0.05, 0) is 44.0 Å². The van der Waals surface area contributed by atoms with Crippen molar-refractivity contribution < 1.29 is 9.32 Å². The minimum atomic E-state index is 0. The lowest BCUT2D eigenvalue weighted by molar-refractivity contribution is -0.120. The molecule has 1 fully saturated rings. The van der Waals surface area contributed by atoms with Crippen molar-refractivity contribution in [3.05, 3.63) is 30.0 Å².